The molecule has 2 aromatic rings. The third-order valence-corrected chi connectivity index (χ3v) is 2.84. The van der Waals surface area contributed by atoms with Gasteiger partial charge in [0.2, 0.25) is 5.88 Å². The zero-order valence-electron chi connectivity index (χ0n) is 11.5. The first-order valence-electron chi connectivity index (χ1n) is 6.23. The maximum Gasteiger partial charge on any atom is 0.219 e. The van der Waals surface area contributed by atoms with Crippen LogP contribution in [0.5, 0.6) is 11.6 Å². The number of rotatable bonds is 4. The number of ether oxygens (including phenoxy) is 1. The largest absolute Gasteiger partial charge is 0.439 e. The SMILES string of the molecule is C[C@@H](N)c1ccnc(Oc2cccc(N(C)C)c2)c1. The number of hydrogen-bond donors (Lipinski definition) is 1. The normalized spacial score (nSPS) is 12.0. The third kappa shape index (κ3) is 3.45. The molecule has 0 amide bonds. The van der Waals surface area contributed by atoms with Crippen LogP contribution in [0.15, 0.2) is 42.6 Å². The molecule has 0 radical (unpaired) electrons. The molecular formula is C15H19N3O. The standard InChI is InChI=1S/C15H19N3O/c1-11(16)12-7-8-17-15(9-12)19-14-6-4-5-13(10-14)18(2)3/h4-11H,16H2,1-3H3/t11-/m1/s1. The van der Waals surface area contributed by atoms with Crippen LogP contribution >= 0.6 is 0 Å². The number of hydrogen-bond acceptors (Lipinski definition) is 4. The van der Waals surface area contributed by atoms with Crippen molar-refractivity contribution in [2.45, 2.75) is 13.0 Å². The molecule has 0 spiro atoms. The average molecular weight is 257 g/mol. The van der Waals surface area contributed by atoms with Crippen molar-refractivity contribution in [2.24, 2.45) is 5.73 Å². The minimum absolute atomic E-state index is 0.0292. The Labute approximate surface area is 113 Å². The molecule has 0 saturated carbocycles. The second kappa shape index (κ2) is 5.71. The molecule has 19 heavy (non-hydrogen) atoms. The molecule has 1 atom stereocenters. The van der Waals surface area contributed by atoms with Crippen LogP contribution in [-0.2, 0) is 0 Å². The third-order valence-electron chi connectivity index (χ3n) is 2.84. The quantitative estimate of drug-likeness (QED) is 0.915. The van der Waals surface area contributed by atoms with E-state index in [1.54, 1.807) is 6.20 Å². The number of nitrogens with zero attached hydrogens (tertiary/aromatic N) is 2. The van der Waals surface area contributed by atoms with Crippen LogP contribution in [0.2, 0.25) is 0 Å². The van der Waals surface area contributed by atoms with Crippen molar-refractivity contribution in [3.8, 4) is 11.6 Å². The molecule has 0 fully saturated rings. The van der Waals surface area contributed by atoms with Crippen molar-refractivity contribution in [1.82, 2.24) is 4.98 Å². The Morgan fingerprint density at radius 1 is 1.21 bits per heavy atom. The second-order valence-corrected chi connectivity index (χ2v) is 4.71. The van der Waals surface area contributed by atoms with Crippen molar-refractivity contribution in [2.75, 3.05) is 19.0 Å². The van der Waals surface area contributed by atoms with Crippen molar-refractivity contribution >= 4 is 5.69 Å². The molecule has 0 aliphatic heterocycles. The molecule has 1 aromatic heterocycles. The van der Waals surface area contributed by atoms with Crippen molar-refractivity contribution in [3.05, 3.63) is 48.2 Å². The number of anilines is 1. The van der Waals surface area contributed by atoms with Gasteiger partial charge in [-0.05, 0) is 30.7 Å². The van der Waals surface area contributed by atoms with E-state index in [0.717, 1.165) is 17.0 Å². The maximum atomic E-state index is 5.85. The van der Waals surface area contributed by atoms with Crippen molar-refractivity contribution in [3.63, 3.8) is 0 Å². The fourth-order valence-electron chi connectivity index (χ4n) is 1.71. The van der Waals surface area contributed by atoms with E-state index in [-0.39, 0.29) is 6.04 Å². The highest BCUT2D eigenvalue weighted by Crippen LogP contribution is 2.25. The molecule has 2 N–H and O–H groups in total. The Balaban J connectivity index is 2.21. The van der Waals surface area contributed by atoms with Crippen LogP contribution < -0.4 is 15.4 Å². The van der Waals surface area contributed by atoms with Gasteiger partial charge < -0.3 is 15.4 Å². The van der Waals surface area contributed by atoms with Crippen molar-refractivity contribution in [1.29, 1.82) is 0 Å². The summed E-state index contributed by atoms with van der Waals surface area (Å²) in [7, 11) is 3.99. The molecule has 0 aliphatic carbocycles. The van der Waals surface area contributed by atoms with E-state index in [0.29, 0.717) is 5.88 Å². The van der Waals surface area contributed by atoms with Crippen LogP contribution in [0.3, 0.4) is 0 Å². The second-order valence-electron chi connectivity index (χ2n) is 4.71. The van der Waals surface area contributed by atoms with Gasteiger partial charge in [0.25, 0.3) is 0 Å². The molecule has 0 unspecified atom stereocenters. The van der Waals surface area contributed by atoms with E-state index in [2.05, 4.69) is 4.98 Å². The number of pyridine rings is 1. The molecule has 2 rings (SSSR count). The zero-order chi connectivity index (χ0) is 13.8. The molecule has 0 saturated heterocycles. The number of benzene rings is 1. The summed E-state index contributed by atoms with van der Waals surface area (Å²) < 4.78 is 5.77. The first kappa shape index (κ1) is 13.4. The van der Waals surface area contributed by atoms with Gasteiger partial charge in [0.15, 0.2) is 0 Å². The summed E-state index contributed by atoms with van der Waals surface area (Å²) in [5, 5.41) is 0. The van der Waals surface area contributed by atoms with E-state index in [1.165, 1.54) is 0 Å². The maximum absolute atomic E-state index is 5.85. The van der Waals surface area contributed by atoms with Gasteiger partial charge in [-0.3, -0.25) is 0 Å². The van der Waals surface area contributed by atoms with Crippen LogP contribution in [0.4, 0.5) is 5.69 Å². The summed E-state index contributed by atoms with van der Waals surface area (Å²) in [5.41, 5.74) is 7.94. The van der Waals surface area contributed by atoms with Gasteiger partial charge >= 0.3 is 0 Å². The summed E-state index contributed by atoms with van der Waals surface area (Å²) in [6, 6.07) is 11.6. The first-order chi connectivity index (χ1) is 9.06. The fraction of sp³-hybridized carbons (Fsp3) is 0.267. The minimum Gasteiger partial charge on any atom is -0.439 e. The topological polar surface area (TPSA) is 51.4 Å². The summed E-state index contributed by atoms with van der Waals surface area (Å²) in [5.74, 6) is 1.33. The van der Waals surface area contributed by atoms with Gasteiger partial charge in [0.1, 0.15) is 5.75 Å². The van der Waals surface area contributed by atoms with Crippen molar-refractivity contribution < 1.29 is 4.74 Å². The fourth-order valence-corrected chi connectivity index (χ4v) is 1.71. The van der Waals surface area contributed by atoms with E-state index < -0.39 is 0 Å². The van der Waals surface area contributed by atoms with Gasteiger partial charge in [0.05, 0.1) is 0 Å². The van der Waals surface area contributed by atoms with Crippen LogP contribution in [-0.4, -0.2) is 19.1 Å². The zero-order valence-corrected chi connectivity index (χ0v) is 11.5. The molecule has 100 valence electrons. The molecule has 1 heterocycles. The highest BCUT2D eigenvalue weighted by Gasteiger charge is 2.04. The number of nitrogens with two attached hydrogens (primary N) is 1. The predicted molar refractivity (Wildman–Crippen MR) is 77.7 cm³/mol. The summed E-state index contributed by atoms with van der Waals surface area (Å²) >= 11 is 0. The first-order valence-corrected chi connectivity index (χ1v) is 6.23. The van der Waals surface area contributed by atoms with E-state index in [9.17, 15) is 0 Å². The van der Waals surface area contributed by atoms with Crippen LogP contribution in [0.1, 0.15) is 18.5 Å². The Hall–Kier alpha value is -2.07. The lowest BCUT2D eigenvalue weighted by atomic mass is 10.1. The monoisotopic (exact) mass is 257 g/mol. The molecule has 1 aromatic carbocycles. The molecule has 0 aliphatic rings. The van der Waals surface area contributed by atoms with Gasteiger partial charge in [-0.25, -0.2) is 4.98 Å². The van der Waals surface area contributed by atoms with Gasteiger partial charge in [0, 0.05) is 44.2 Å². The van der Waals surface area contributed by atoms with Gasteiger partial charge in [-0.2, -0.15) is 0 Å². The Kier molecular flexibility index (Phi) is 4.02. The van der Waals surface area contributed by atoms with Gasteiger partial charge in [-0.15, -0.1) is 0 Å². The smallest absolute Gasteiger partial charge is 0.219 e. The van der Waals surface area contributed by atoms with E-state index in [4.69, 9.17) is 10.5 Å². The highest BCUT2D eigenvalue weighted by atomic mass is 16.5. The molecular weight excluding hydrogens is 238 g/mol. The van der Waals surface area contributed by atoms with E-state index >= 15 is 0 Å². The summed E-state index contributed by atoms with van der Waals surface area (Å²) in [4.78, 5) is 6.23. The van der Waals surface area contributed by atoms with Crippen LogP contribution in [0.25, 0.3) is 0 Å². The molecule has 4 nitrogen and oxygen atoms in total. The lowest BCUT2D eigenvalue weighted by molar-refractivity contribution is 0.461. The lowest BCUT2D eigenvalue weighted by Gasteiger charge is -2.14. The predicted octanol–water partition coefficient (Wildman–Crippen LogP) is 2.96. The minimum atomic E-state index is -0.0292. The average Bonchev–Trinajstić information content (AvgIpc) is 2.39. The summed E-state index contributed by atoms with van der Waals surface area (Å²) in [6.45, 7) is 1.94. The Morgan fingerprint density at radius 2 is 2.00 bits per heavy atom. The van der Waals surface area contributed by atoms with Crippen LogP contribution in [0, 0.1) is 0 Å². The summed E-state index contributed by atoms with van der Waals surface area (Å²) in [6.07, 6.45) is 1.71. The molecule has 0 bridgehead atoms. The lowest BCUT2D eigenvalue weighted by Crippen LogP contribution is -2.08. The van der Waals surface area contributed by atoms with E-state index in [1.807, 2.05) is 62.3 Å². The van der Waals surface area contributed by atoms with Gasteiger partial charge in [-0.1, -0.05) is 6.07 Å². The number of aromatic nitrogens is 1. The highest BCUT2D eigenvalue weighted by molar-refractivity contribution is 5.50. The Morgan fingerprint density at radius 3 is 2.68 bits per heavy atom. The molecule has 4 heteroatoms. The Bertz CT molecular complexity index is 503.